The average molecular weight is 586 g/mol. The lowest BCUT2D eigenvalue weighted by Crippen LogP contribution is -2.30. The van der Waals surface area contributed by atoms with Crippen molar-refractivity contribution in [3.8, 4) is 5.75 Å². The molecule has 0 saturated carbocycles. The fourth-order valence-corrected chi connectivity index (χ4v) is 5.10. The van der Waals surface area contributed by atoms with Gasteiger partial charge < -0.3 is 14.8 Å². The van der Waals surface area contributed by atoms with Gasteiger partial charge in [0.25, 0.3) is 0 Å². The molecule has 7 nitrogen and oxygen atoms in total. The minimum Gasteiger partial charge on any atom is -0.489 e. The molecule has 1 aliphatic heterocycles. The monoisotopic (exact) mass is 584 g/mol. The lowest BCUT2D eigenvalue weighted by molar-refractivity contribution is -0.139. The molecule has 1 atom stereocenters. The summed E-state index contributed by atoms with van der Waals surface area (Å²) in [6, 6.07) is 13.6. The fraction of sp³-hybridized carbons (Fsp3) is 0.393. The molecular formula is C28H33BrN4O3S. The van der Waals surface area contributed by atoms with Crippen LogP contribution in [0.2, 0.25) is 0 Å². The van der Waals surface area contributed by atoms with Crippen LogP contribution in [-0.2, 0) is 16.1 Å². The van der Waals surface area contributed by atoms with Crippen molar-refractivity contribution < 1.29 is 14.3 Å². The van der Waals surface area contributed by atoms with E-state index >= 15 is 0 Å². The molecule has 1 N–H and O–H groups in total. The number of unbranched alkanes of at least 4 members (excludes halogenated alkanes) is 1. The van der Waals surface area contributed by atoms with Gasteiger partial charge in [0.15, 0.2) is 0 Å². The number of carbonyl (C=O) groups excluding carboxylic acids is 1. The molecule has 9 heteroatoms. The topological polar surface area (TPSA) is 78.3 Å². The van der Waals surface area contributed by atoms with Gasteiger partial charge in [-0.2, -0.15) is 4.98 Å². The van der Waals surface area contributed by atoms with Gasteiger partial charge in [-0.15, -0.1) is 5.10 Å². The van der Waals surface area contributed by atoms with Crippen LogP contribution < -0.4 is 10.1 Å². The number of esters is 1. The van der Waals surface area contributed by atoms with Crippen LogP contribution >= 0.6 is 27.7 Å². The summed E-state index contributed by atoms with van der Waals surface area (Å²) in [5, 5.41) is 8.75. The molecule has 1 aliphatic rings. The number of rotatable bonds is 11. The van der Waals surface area contributed by atoms with Crippen molar-refractivity contribution in [1.82, 2.24) is 14.8 Å². The lowest BCUT2D eigenvalue weighted by atomic mass is 9.95. The summed E-state index contributed by atoms with van der Waals surface area (Å²) in [5.41, 5.74) is 4.27. The van der Waals surface area contributed by atoms with E-state index in [1.54, 1.807) is 16.4 Å². The quantitative estimate of drug-likeness (QED) is 0.147. The van der Waals surface area contributed by atoms with Crippen molar-refractivity contribution in [3.05, 3.63) is 74.9 Å². The Morgan fingerprint density at radius 3 is 2.65 bits per heavy atom. The van der Waals surface area contributed by atoms with Gasteiger partial charge in [0, 0.05) is 21.5 Å². The van der Waals surface area contributed by atoms with Crippen LogP contribution in [0.5, 0.6) is 5.75 Å². The molecule has 0 fully saturated rings. The predicted molar refractivity (Wildman–Crippen MR) is 151 cm³/mol. The Hall–Kier alpha value is -2.78. The van der Waals surface area contributed by atoms with E-state index in [2.05, 4.69) is 66.3 Å². The Bertz CT molecular complexity index is 1270. The zero-order chi connectivity index (χ0) is 26.4. The second kappa shape index (κ2) is 12.6. The summed E-state index contributed by atoms with van der Waals surface area (Å²) >= 11 is 5.21. The Labute approximate surface area is 231 Å². The normalized spacial score (nSPS) is 14.8. The third-order valence-corrected chi connectivity index (χ3v) is 7.54. The van der Waals surface area contributed by atoms with Crippen LogP contribution in [0.25, 0.3) is 0 Å². The molecule has 0 aliphatic carbocycles. The predicted octanol–water partition coefficient (Wildman–Crippen LogP) is 7.06. The average Bonchev–Trinajstić information content (AvgIpc) is 3.29. The van der Waals surface area contributed by atoms with Crippen LogP contribution in [0, 0.1) is 6.92 Å². The van der Waals surface area contributed by atoms with Crippen LogP contribution in [-0.4, -0.2) is 33.1 Å². The third-order valence-electron chi connectivity index (χ3n) is 6.00. The Balaban J connectivity index is 1.76. The van der Waals surface area contributed by atoms with Crippen molar-refractivity contribution in [3.63, 3.8) is 0 Å². The van der Waals surface area contributed by atoms with Gasteiger partial charge in [-0.25, -0.2) is 9.48 Å². The summed E-state index contributed by atoms with van der Waals surface area (Å²) in [7, 11) is 0. The zero-order valence-electron chi connectivity index (χ0n) is 21.7. The Morgan fingerprint density at radius 2 is 1.92 bits per heavy atom. The number of halogens is 1. The maximum absolute atomic E-state index is 13.4. The second-order valence-corrected chi connectivity index (χ2v) is 11.0. The number of benzene rings is 2. The number of thioether (sulfide) groups is 1. The largest absolute Gasteiger partial charge is 0.489 e. The number of anilines is 1. The third kappa shape index (κ3) is 6.57. The standard InChI is InChI=1S/C28H33BrN4O3S/c1-5-7-14-35-26(34)24-19(4)30-27-31-28(37-15-6-2)32-33(27)25(24)22-16-21(29)12-13-23(22)36-17-20-10-8-18(3)9-11-20/h8-13,16,25H,5-7,14-15,17H2,1-4H3,(H,30,31,32). The number of aryl methyl sites for hydroxylation is 1. The summed E-state index contributed by atoms with van der Waals surface area (Å²) in [4.78, 5) is 18.1. The van der Waals surface area contributed by atoms with Gasteiger partial charge in [0.1, 0.15) is 18.4 Å². The van der Waals surface area contributed by atoms with E-state index in [-0.39, 0.29) is 5.97 Å². The molecule has 37 heavy (non-hydrogen) atoms. The van der Waals surface area contributed by atoms with Crippen molar-refractivity contribution in [2.45, 2.75) is 64.8 Å². The van der Waals surface area contributed by atoms with Crippen molar-refractivity contribution >= 4 is 39.6 Å². The van der Waals surface area contributed by atoms with Crippen LogP contribution in [0.15, 0.2) is 63.4 Å². The molecule has 196 valence electrons. The number of nitrogens with zero attached hydrogens (tertiary/aromatic N) is 3. The molecule has 0 radical (unpaired) electrons. The highest BCUT2D eigenvalue weighted by molar-refractivity contribution is 9.10. The van der Waals surface area contributed by atoms with Gasteiger partial charge in [0.2, 0.25) is 11.1 Å². The minimum atomic E-state index is -0.556. The molecule has 2 heterocycles. The van der Waals surface area contributed by atoms with Crippen LogP contribution in [0.1, 0.15) is 62.8 Å². The van der Waals surface area contributed by atoms with Crippen molar-refractivity contribution in [1.29, 1.82) is 0 Å². The first-order valence-corrected chi connectivity index (χ1v) is 14.4. The fourth-order valence-electron chi connectivity index (χ4n) is 4.03. The van der Waals surface area contributed by atoms with Crippen molar-refractivity contribution in [2.24, 2.45) is 0 Å². The maximum Gasteiger partial charge on any atom is 0.338 e. The number of ether oxygens (including phenoxy) is 2. The highest BCUT2D eigenvalue weighted by Crippen LogP contribution is 2.41. The first kappa shape index (κ1) is 27.3. The Kier molecular flexibility index (Phi) is 9.32. The molecule has 4 rings (SSSR count). The van der Waals surface area contributed by atoms with Crippen LogP contribution in [0.4, 0.5) is 5.95 Å². The van der Waals surface area contributed by atoms with E-state index in [1.165, 1.54) is 5.56 Å². The highest BCUT2D eigenvalue weighted by atomic mass is 79.9. The SMILES string of the molecule is CCCCOC(=O)C1=C(C)Nc2nc(SCCC)nn2C1c1cc(Br)ccc1OCc1ccc(C)cc1. The van der Waals surface area contributed by atoms with Gasteiger partial charge in [-0.05, 0) is 50.5 Å². The number of aromatic nitrogens is 3. The lowest BCUT2D eigenvalue weighted by Gasteiger charge is -2.29. The number of hydrogen-bond donors (Lipinski definition) is 1. The van der Waals surface area contributed by atoms with Gasteiger partial charge in [-0.3, -0.25) is 0 Å². The smallest absolute Gasteiger partial charge is 0.338 e. The molecule has 1 aromatic heterocycles. The molecule has 3 aromatic rings. The summed E-state index contributed by atoms with van der Waals surface area (Å²) in [6.07, 6.45) is 2.77. The molecule has 0 amide bonds. The minimum absolute atomic E-state index is 0.364. The van der Waals surface area contributed by atoms with Crippen LogP contribution in [0.3, 0.4) is 0 Å². The first-order chi connectivity index (χ1) is 17.9. The maximum atomic E-state index is 13.4. The number of nitrogens with one attached hydrogen (secondary N) is 1. The molecule has 0 spiro atoms. The molecule has 2 aromatic carbocycles. The number of hydrogen-bond acceptors (Lipinski definition) is 7. The Morgan fingerprint density at radius 1 is 1.14 bits per heavy atom. The number of allylic oxidation sites excluding steroid dienone is 1. The summed E-state index contributed by atoms with van der Waals surface area (Å²) < 4.78 is 14.7. The number of carbonyl (C=O) groups is 1. The highest BCUT2D eigenvalue weighted by Gasteiger charge is 2.37. The molecule has 1 unspecified atom stereocenters. The summed E-state index contributed by atoms with van der Waals surface area (Å²) in [5.74, 6) is 1.81. The zero-order valence-corrected chi connectivity index (χ0v) is 24.1. The van der Waals surface area contributed by atoms with Crippen molar-refractivity contribution in [2.75, 3.05) is 17.7 Å². The molecule has 0 saturated heterocycles. The second-order valence-electron chi connectivity index (χ2n) is 9.02. The van der Waals surface area contributed by atoms with E-state index in [0.717, 1.165) is 40.6 Å². The first-order valence-electron chi connectivity index (χ1n) is 12.6. The molecular weight excluding hydrogens is 552 g/mol. The number of fused-ring (bicyclic) bond motifs is 1. The van der Waals surface area contributed by atoms with E-state index in [1.807, 2.05) is 25.1 Å². The van der Waals surface area contributed by atoms with E-state index < -0.39 is 6.04 Å². The van der Waals surface area contributed by atoms with E-state index in [9.17, 15) is 4.79 Å². The van der Waals surface area contributed by atoms with Gasteiger partial charge in [-0.1, -0.05) is 77.8 Å². The van der Waals surface area contributed by atoms with E-state index in [4.69, 9.17) is 19.6 Å². The van der Waals surface area contributed by atoms with Gasteiger partial charge in [0.05, 0.1) is 12.2 Å². The molecule has 0 bridgehead atoms. The summed E-state index contributed by atoms with van der Waals surface area (Å²) in [6.45, 7) is 8.91. The van der Waals surface area contributed by atoms with Gasteiger partial charge >= 0.3 is 5.97 Å². The van der Waals surface area contributed by atoms with E-state index in [0.29, 0.717) is 41.3 Å².